The monoisotopic (exact) mass is 140 g/mol. The Balaban J connectivity index is 1.98. The molecule has 2 heteroatoms. The van der Waals surface area contributed by atoms with Gasteiger partial charge in [-0.3, -0.25) is 0 Å². The highest BCUT2D eigenvalue weighted by Gasteiger charge is 2.54. The second kappa shape index (κ2) is 2.07. The maximum absolute atomic E-state index is 9.39. The first-order chi connectivity index (χ1) is 4.83. The highest BCUT2D eigenvalue weighted by Crippen LogP contribution is 2.44. The van der Waals surface area contributed by atoms with E-state index in [2.05, 4.69) is 6.58 Å². The van der Waals surface area contributed by atoms with Gasteiger partial charge < -0.3 is 9.84 Å². The van der Waals surface area contributed by atoms with E-state index in [1.54, 1.807) is 0 Å². The van der Waals surface area contributed by atoms with Gasteiger partial charge in [-0.2, -0.15) is 0 Å². The maximum Gasteiger partial charge on any atom is 0.0898 e. The van der Waals surface area contributed by atoms with Gasteiger partial charge in [0.05, 0.1) is 18.3 Å². The van der Waals surface area contributed by atoms with E-state index < -0.39 is 0 Å². The summed E-state index contributed by atoms with van der Waals surface area (Å²) in [6, 6.07) is 0. The molecule has 56 valence electrons. The molecule has 2 nitrogen and oxygen atoms in total. The topological polar surface area (TPSA) is 32.8 Å². The van der Waals surface area contributed by atoms with Crippen LogP contribution in [0.3, 0.4) is 0 Å². The first-order valence-corrected chi connectivity index (χ1v) is 3.77. The standard InChI is InChI=1S/C8H12O2/c1-2-3-5-6(9)4-7-8(5)10-7/h2,5-9H,1,3-4H2/t5-,6-,7+,8-/m0/s1. The third-order valence-corrected chi connectivity index (χ3v) is 2.45. The van der Waals surface area contributed by atoms with Crippen molar-refractivity contribution >= 4 is 0 Å². The van der Waals surface area contributed by atoms with Crippen LogP contribution in [0.4, 0.5) is 0 Å². The van der Waals surface area contributed by atoms with Crippen molar-refractivity contribution in [3.8, 4) is 0 Å². The van der Waals surface area contributed by atoms with Crippen LogP contribution in [0.15, 0.2) is 12.7 Å². The molecule has 0 spiro atoms. The Morgan fingerprint density at radius 3 is 3.00 bits per heavy atom. The van der Waals surface area contributed by atoms with Crippen molar-refractivity contribution in [2.75, 3.05) is 0 Å². The summed E-state index contributed by atoms with van der Waals surface area (Å²) >= 11 is 0. The van der Waals surface area contributed by atoms with Crippen molar-refractivity contribution in [3.05, 3.63) is 12.7 Å². The van der Waals surface area contributed by atoms with Gasteiger partial charge in [0.25, 0.3) is 0 Å². The van der Waals surface area contributed by atoms with Crippen LogP contribution in [0.25, 0.3) is 0 Å². The second-order valence-corrected chi connectivity index (χ2v) is 3.13. The number of allylic oxidation sites excluding steroid dienone is 1. The number of epoxide rings is 1. The van der Waals surface area contributed by atoms with Gasteiger partial charge in [0.15, 0.2) is 0 Å². The predicted octanol–water partition coefficient (Wildman–Crippen LogP) is 0.711. The Morgan fingerprint density at radius 1 is 1.70 bits per heavy atom. The normalized spacial score (nSPS) is 50.5. The third kappa shape index (κ3) is 0.796. The fourth-order valence-electron chi connectivity index (χ4n) is 1.84. The molecule has 0 unspecified atom stereocenters. The van der Waals surface area contributed by atoms with E-state index in [4.69, 9.17) is 4.74 Å². The largest absolute Gasteiger partial charge is 0.393 e. The molecular weight excluding hydrogens is 128 g/mol. The van der Waals surface area contributed by atoms with Crippen molar-refractivity contribution in [2.45, 2.75) is 31.2 Å². The van der Waals surface area contributed by atoms with Gasteiger partial charge >= 0.3 is 0 Å². The van der Waals surface area contributed by atoms with Crippen LogP contribution < -0.4 is 0 Å². The highest BCUT2D eigenvalue weighted by atomic mass is 16.6. The van der Waals surface area contributed by atoms with Crippen LogP contribution >= 0.6 is 0 Å². The molecule has 0 bridgehead atoms. The van der Waals surface area contributed by atoms with Gasteiger partial charge in [-0.05, 0) is 6.42 Å². The van der Waals surface area contributed by atoms with Gasteiger partial charge in [-0.15, -0.1) is 6.58 Å². The van der Waals surface area contributed by atoms with Gasteiger partial charge in [0.2, 0.25) is 0 Å². The quantitative estimate of drug-likeness (QED) is 0.452. The maximum atomic E-state index is 9.39. The Hall–Kier alpha value is -0.340. The molecule has 10 heavy (non-hydrogen) atoms. The van der Waals surface area contributed by atoms with Crippen molar-refractivity contribution in [2.24, 2.45) is 5.92 Å². The van der Waals surface area contributed by atoms with Crippen LogP contribution in [0.2, 0.25) is 0 Å². The first-order valence-electron chi connectivity index (χ1n) is 3.77. The molecule has 0 aromatic rings. The molecule has 1 saturated carbocycles. The van der Waals surface area contributed by atoms with Crippen LogP contribution in [-0.2, 0) is 4.74 Å². The van der Waals surface area contributed by atoms with Crippen molar-refractivity contribution in [3.63, 3.8) is 0 Å². The molecule has 2 aliphatic rings. The smallest absolute Gasteiger partial charge is 0.0898 e. The molecule has 1 aliphatic carbocycles. The highest BCUT2D eigenvalue weighted by molar-refractivity contribution is 5.04. The zero-order valence-corrected chi connectivity index (χ0v) is 5.86. The summed E-state index contributed by atoms with van der Waals surface area (Å²) in [7, 11) is 0. The number of ether oxygens (including phenoxy) is 1. The molecule has 0 radical (unpaired) electrons. The number of aliphatic hydroxyl groups excluding tert-OH is 1. The average Bonchev–Trinajstić information content (AvgIpc) is 2.57. The van der Waals surface area contributed by atoms with Gasteiger partial charge in [0.1, 0.15) is 0 Å². The van der Waals surface area contributed by atoms with Crippen LogP contribution in [-0.4, -0.2) is 23.4 Å². The van der Waals surface area contributed by atoms with E-state index in [9.17, 15) is 5.11 Å². The second-order valence-electron chi connectivity index (χ2n) is 3.13. The lowest BCUT2D eigenvalue weighted by molar-refractivity contribution is 0.0759. The summed E-state index contributed by atoms with van der Waals surface area (Å²) in [6.45, 7) is 3.64. The summed E-state index contributed by atoms with van der Waals surface area (Å²) in [5, 5.41) is 9.39. The first kappa shape index (κ1) is 6.38. The third-order valence-electron chi connectivity index (χ3n) is 2.45. The molecule has 2 rings (SSSR count). The summed E-state index contributed by atoms with van der Waals surface area (Å²) in [4.78, 5) is 0. The van der Waals surface area contributed by atoms with E-state index in [-0.39, 0.29) is 6.10 Å². The molecule has 0 amide bonds. The molecule has 1 aliphatic heterocycles. The lowest BCUT2D eigenvalue weighted by Crippen LogP contribution is -2.18. The van der Waals surface area contributed by atoms with Gasteiger partial charge in [0, 0.05) is 12.3 Å². The summed E-state index contributed by atoms with van der Waals surface area (Å²) in [6.07, 6.45) is 4.18. The van der Waals surface area contributed by atoms with Crippen LogP contribution in [0.1, 0.15) is 12.8 Å². The molecule has 1 N–H and O–H groups in total. The molecule has 0 aromatic heterocycles. The molecule has 0 aromatic carbocycles. The lowest BCUT2D eigenvalue weighted by Gasteiger charge is -2.13. The number of hydrogen-bond acceptors (Lipinski definition) is 2. The number of fused-ring (bicyclic) bond motifs is 1. The SMILES string of the molecule is C=CC[C@@H]1[C@@H]2O[C@@H]2C[C@@H]1O. The van der Waals surface area contributed by atoms with Crippen molar-refractivity contribution in [1.82, 2.24) is 0 Å². The number of aliphatic hydroxyl groups is 1. The van der Waals surface area contributed by atoms with Gasteiger partial charge in [-0.1, -0.05) is 6.08 Å². The minimum atomic E-state index is -0.137. The number of rotatable bonds is 2. The number of hydrogen-bond donors (Lipinski definition) is 1. The van der Waals surface area contributed by atoms with Crippen LogP contribution in [0.5, 0.6) is 0 Å². The van der Waals surface area contributed by atoms with E-state index in [0.29, 0.717) is 18.1 Å². The minimum Gasteiger partial charge on any atom is -0.393 e. The fourth-order valence-corrected chi connectivity index (χ4v) is 1.84. The fraction of sp³-hybridized carbons (Fsp3) is 0.750. The van der Waals surface area contributed by atoms with E-state index in [0.717, 1.165) is 12.8 Å². The van der Waals surface area contributed by atoms with Crippen molar-refractivity contribution < 1.29 is 9.84 Å². The zero-order valence-electron chi connectivity index (χ0n) is 5.86. The van der Waals surface area contributed by atoms with E-state index in [1.165, 1.54) is 0 Å². The zero-order chi connectivity index (χ0) is 7.14. The van der Waals surface area contributed by atoms with E-state index >= 15 is 0 Å². The predicted molar refractivity (Wildman–Crippen MR) is 37.6 cm³/mol. The summed E-state index contributed by atoms with van der Waals surface area (Å²) in [5.41, 5.74) is 0. The lowest BCUT2D eigenvalue weighted by atomic mass is 10.0. The summed E-state index contributed by atoms with van der Waals surface area (Å²) in [5.74, 6) is 0.336. The Bertz CT molecular complexity index is 153. The van der Waals surface area contributed by atoms with E-state index in [1.807, 2.05) is 6.08 Å². The van der Waals surface area contributed by atoms with Crippen LogP contribution in [0, 0.1) is 5.92 Å². The summed E-state index contributed by atoms with van der Waals surface area (Å²) < 4.78 is 5.28. The molecule has 1 saturated heterocycles. The Kier molecular flexibility index (Phi) is 1.32. The molecular formula is C8H12O2. The van der Waals surface area contributed by atoms with Gasteiger partial charge in [-0.25, -0.2) is 0 Å². The molecule has 1 heterocycles. The molecule has 4 atom stereocenters. The minimum absolute atomic E-state index is 0.137. The Morgan fingerprint density at radius 2 is 2.50 bits per heavy atom. The average molecular weight is 140 g/mol. The molecule has 2 fully saturated rings. The van der Waals surface area contributed by atoms with Crippen molar-refractivity contribution in [1.29, 1.82) is 0 Å². The Labute approximate surface area is 60.5 Å².